The van der Waals surface area contributed by atoms with Crippen LogP contribution >= 0.6 is 0 Å². The van der Waals surface area contributed by atoms with Crippen molar-refractivity contribution in [2.24, 2.45) is 0 Å². The third-order valence-electron chi connectivity index (χ3n) is 6.36. The van der Waals surface area contributed by atoms with Gasteiger partial charge < -0.3 is 33.2 Å². The Labute approximate surface area is 279 Å². The molecule has 11 nitrogen and oxygen atoms in total. The van der Waals surface area contributed by atoms with Gasteiger partial charge in [-0.1, -0.05) is 50.1 Å². The van der Waals surface area contributed by atoms with Gasteiger partial charge in [0.25, 0.3) is 0 Å². The van der Waals surface area contributed by atoms with Gasteiger partial charge in [-0.05, 0) is 53.1 Å². The first kappa shape index (κ1) is 36.6. The zero-order chi connectivity index (χ0) is 34.6. The van der Waals surface area contributed by atoms with Crippen molar-refractivity contribution in [1.29, 1.82) is 0 Å². The molecule has 3 aromatic rings. The standard InChI is InChI=1S/C37H38O11/c1-4-34(38)44-21-7-19-42-32-18-9-27(25-33(32)43-20-8-22-45-35(39)5-2)26-48-31-16-14-29(15-17-31)28-10-12-30(13-11-28)37(41)47-24-23-46-36(40)6-3/h4-6,9-18,25H,1-3,7-8,19-24,26H2. The third-order valence-corrected chi connectivity index (χ3v) is 6.36. The molecule has 0 aromatic heterocycles. The molecule has 0 aliphatic heterocycles. The lowest BCUT2D eigenvalue weighted by molar-refractivity contribution is -0.139. The summed E-state index contributed by atoms with van der Waals surface area (Å²) < 4.78 is 37.7. The maximum absolute atomic E-state index is 12.2. The highest BCUT2D eigenvalue weighted by Gasteiger charge is 2.11. The zero-order valence-electron chi connectivity index (χ0n) is 26.6. The lowest BCUT2D eigenvalue weighted by Crippen LogP contribution is -2.12. The number of esters is 4. The fraction of sp³-hybridized carbons (Fsp3) is 0.243. The highest BCUT2D eigenvalue weighted by Crippen LogP contribution is 2.30. The van der Waals surface area contributed by atoms with Crippen LogP contribution in [0.5, 0.6) is 17.2 Å². The van der Waals surface area contributed by atoms with Crippen LogP contribution < -0.4 is 14.2 Å². The van der Waals surface area contributed by atoms with Crippen molar-refractivity contribution >= 4 is 23.9 Å². The second kappa shape index (κ2) is 20.3. The average molecular weight is 659 g/mol. The summed E-state index contributed by atoms with van der Waals surface area (Å²) in [5.41, 5.74) is 3.03. The molecule has 0 atom stereocenters. The smallest absolute Gasteiger partial charge is 0.338 e. The minimum atomic E-state index is -0.580. The number of carbonyl (C=O) groups is 4. The summed E-state index contributed by atoms with van der Waals surface area (Å²) >= 11 is 0. The van der Waals surface area contributed by atoms with E-state index in [1.165, 1.54) is 0 Å². The second-order valence-corrected chi connectivity index (χ2v) is 9.83. The molecule has 0 unspecified atom stereocenters. The molecule has 0 spiro atoms. The van der Waals surface area contributed by atoms with Gasteiger partial charge in [0, 0.05) is 31.1 Å². The Morgan fingerprint density at radius 1 is 0.521 bits per heavy atom. The summed E-state index contributed by atoms with van der Waals surface area (Å²) in [6.07, 6.45) is 4.19. The van der Waals surface area contributed by atoms with Gasteiger partial charge in [0.1, 0.15) is 25.6 Å². The molecule has 11 heteroatoms. The fourth-order valence-electron chi connectivity index (χ4n) is 3.95. The van der Waals surface area contributed by atoms with E-state index < -0.39 is 23.9 Å². The van der Waals surface area contributed by atoms with E-state index in [2.05, 4.69) is 19.7 Å². The lowest BCUT2D eigenvalue weighted by Gasteiger charge is -2.15. The number of rotatable bonds is 21. The van der Waals surface area contributed by atoms with Crippen molar-refractivity contribution in [1.82, 2.24) is 0 Å². The lowest BCUT2D eigenvalue weighted by atomic mass is 10.0. The molecular weight excluding hydrogens is 620 g/mol. The highest BCUT2D eigenvalue weighted by molar-refractivity contribution is 5.90. The molecule has 0 fully saturated rings. The van der Waals surface area contributed by atoms with Crippen LogP contribution in [-0.2, 0) is 39.9 Å². The largest absolute Gasteiger partial charge is 0.490 e. The Kier molecular flexibility index (Phi) is 15.5. The van der Waals surface area contributed by atoms with Crippen LogP contribution in [0.1, 0.15) is 28.8 Å². The number of hydrogen-bond donors (Lipinski definition) is 0. The van der Waals surface area contributed by atoms with Gasteiger partial charge in [-0.15, -0.1) is 0 Å². The molecule has 3 aromatic carbocycles. The molecule has 48 heavy (non-hydrogen) atoms. The molecule has 0 heterocycles. The van der Waals surface area contributed by atoms with E-state index in [1.807, 2.05) is 48.5 Å². The van der Waals surface area contributed by atoms with E-state index in [9.17, 15) is 19.2 Å². The Balaban J connectivity index is 1.55. The number of benzene rings is 3. The second-order valence-electron chi connectivity index (χ2n) is 9.83. The monoisotopic (exact) mass is 658 g/mol. The van der Waals surface area contributed by atoms with Crippen LogP contribution in [0.15, 0.2) is 105 Å². The van der Waals surface area contributed by atoms with Crippen LogP contribution in [0.4, 0.5) is 0 Å². The Hall–Kier alpha value is -5.84. The predicted octanol–water partition coefficient (Wildman–Crippen LogP) is 5.81. The first-order valence-electron chi connectivity index (χ1n) is 15.1. The number of ether oxygens (including phenoxy) is 7. The predicted molar refractivity (Wildman–Crippen MR) is 177 cm³/mol. The quantitative estimate of drug-likeness (QED) is 0.0594. The average Bonchev–Trinajstić information content (AvgIpc) is 3.12. The summed E-state index contributed by atoms with van der Waals surface area (Å²) in [7, 11) is 0. The Bertz CT molecular complexity index is 1540. The molecule has 0 saturated carbocycles. The van der Waals surface area contributed by atoms with Crippen LogP contribution in [0, 0.1) is 0 Å². The maximum Gasteiger partial charge on any atom is 0.338 e. The Morgan fingerprint density at radius 2 is 1.02 bits per heavy atom. The highest BCUT2D eigenvalue weighted by atomic mass is 16.6. The topological polar surface area (TPSA) is 133 Å². The van der Waals surface area contributed by atoms with Crippen molar-refractivity contribution in [2.75, 3.05) is 39.6 Å². The minimum Gasteiger partial charge on any atom is -0.490 e. The zero-order valence-corrected chi connectivity index (χ0v) is 26.6. The van der Waals surface area contributed by atoms with Crippen LogP contribution in [-0.4, -0.2) is 63.5 Å². The van der Waals surface area contributed by atoms with E-state index in [-0.39, 0.29) is 39.6 Å². The summed E-state index contributed by atoms with van der Waals surface area (Å²) in [6, 6.07) is 19.9. The normalized spacial score (nSPS) is 10.2. The summed E-state index contributed by atoms with van der Waals surface area (Å²) in [5.74, 6) is -0.439. The molecule has 0 radical (unpaired) electrons. The molecular formula is C37H38O11. The number of hydrogen-bond acceptors (Lipinski definition) is 11. The molecule has 252 valence electrons. The van der Waals surface area contributed by atoms with Crippen molar-refractivity contribution in [3.63, 3.8) is 0 Å². The van der Waals surface area contributed by atoms with E-state index in [1.54, 1.807) is 18.2 Å². The number of carbonyl (C=O) groups excluding carboxylic acids is 4. The van der Waals surface area contributed by atoms with E-state index in [0.29, 0.717) is 42.3 Å². The molecule has 0 amide bonds. The summed E-state index contributed by atoms with van der Waals surface area (Å²) in [5, 5.41) is 0. The van der Waals surface area contributed by atoms with Crippen LogP contribution in [0.2, 0.25) is 0 Å². The van der Waals surface area contributed by atoms with Gasteiger partial charge in [-0.25, -0.2) is 19.2 Å². The maximum atomic E-state index is 12.2. The molecule has 0 aliphatic carbocycles. The Morgan fingerprint density at radius 3 is 1.58 bits per heavy atom. The summed E-state index contributed by atoms with van der Waals surface area (Å²) in [4.78, 5) is 45.8. The molecule has 0 N–H and O–H groups in total. The molecule has 0 aliphatic rings. The van der Waals surface area contributed by atoms with Gasteiger partial charge in [0.2, 0.25) is 0 Å². The molecule has 3 rings (SSSR count). The van der Waals surface area contributed by atoms with Gasteiger partial charge in [0.15, 0.2) is 11.5 Å². The molecule has 0 bridgehead atoms. The first-order chi connectivity index (χ1) is 23.3. The van der Waals surface area contributed by atoms with Crippen LogP contribution in [0.25, 0.3) is 11.1 Å². The van der Waals surface area contributed by atoms with E-state index in [4.69, 9.17) is 33.2 Å². The SMILES string of the molecule is C=CC(=O)OCCCOc1ccc(COc2ccc(-c3ccc(C(=O)OCCOC(=O)C=C)cc3)cc2)cc1OCCCOC(=O)C=C. The van der Waals surface area contributed by atoms with Gasteiger partial charge in [-0.2, -0.15) is 0 Å². The van der Waals surface area contributed by atoms with Crippen molar-refractivity contribution in [2.45, 2.75) is 19.4 Å². The van der Waals surface area contributed by atoms with Gasteiger partial charge in [0.05, 0.1) is 32.0 Å². The third kappa shape index (κ3) is 12.9. The van der Waals surface area contributed by atoms with Gasteiger partial charge >= 0.3 is 23.9 Å². The van der Waals surface area contributed by atoms with Crippen molar-refractivity contribution < 1.29 is 52.3 Å². The first-order valence-corrected chi connectivity index (χ1v) is 15.1. The van der Waals surface area contributed by atoms with Crippen molar-refractivity contribution in [3.05, 3.63) is 116 Å². The fourth-order valence-corrected chi connectivity index (χ4v) is 3.95. The van der Waals surface area contributed by atoms with E-state index in [0.717, 1.165) is 34.9 Å². The minimum absolute atomic E-state index is 0.0493. The van der Waals surface area contributed by atoms with E-state index >= 15 is 0 Å². The summed E-state index contributed by atoms with van der Waals surface area (Å²) in [6.45, 7) is 11.1. The van der Waals surface area contributed by atoms with Gasteiger partial charge in [-0.3, -0.25) is 0 Å². The van der Waals surface area contributed by atoms with Crippen molar-refractivity contribution in [3.8, 4) is 28.4 Å². The molecule has 0 saturated heterocycles. The van der Waals surface area contributed by atoms with Crippen LogP contribution in [0.3, 0.4) is 0 Å².